The maximum absolute atomic E-state index is 13.3. The topological polar surface area (TPSA) is 119 Å². The zero-order chi connectivity index (χ0) is 28.4. The van der Waals surface area contributed by atoms with Gasteiger partial charge in [-0.25, -0.2) is 8.42 Å². The van der Waals surface area contributed by atoms with Gasteiger partial charge in [0.05, 0.1) is 10.9 Å². The lowest BCUT2D eigenvalue weighted by Gasteiger charge is -2.34. The minimum atomic E-state index is -3.91. The van der Waals surface area contributed by atoms with E-state index in [9.17, 15) is 22.8 Å². The van der Waals surface area contributed by atoms with E-state index in [1.54, 1.807) is 12.1 Å². The molecule has 2 aromatic heterocycles. The maximum Gasteiger partial charge on any atom is 0.250 e. The van der Waals surface area contributed by atoms with Gasteiger partial charge in [0.1, 0.15) is 10.3 Å². The number of amides is 3. The fourth-order valence-electron chi connectivity index (χ4n) is 5.81. The molecule has 2 aromatic rings. The van der Waals surface area contributed by atoms with Crippen molar-refractivity contribution in [2.75, 3.05) is 39.3 Å². The summed E-state index contributed by atoms with van der Waals surface area (Å²) >= 11 is 8.52. The Bertz CT molecular complexity index is 1360. The van der Waals surface area contributed by atoms with Gasteiger partial charge < -0.3 is 15.1 Å². The summed E-state index contributed by atoms with van der Waals surface area (Å²) in [5.74, 6) is -0.493. The first kappa shape index (κ1) is 29.5. The lowest BCUT2D eigenvalue weighted by atomic mass is 10.1. The lowest BCUT2D eigenvalue weighted by Crippen LogP contribution is -2.55. The Kier molecular flexibility index (Phi) is 9.17. The van der Waals surface area contributed by atoms with Crippen LogP contribution in [0.25, 0.3) is 9.75 Å². The van der Waals surface area contributed by atoms with Gasteiger partial charge in [-0.3, -0.25) is 19.3 Å². The molecule has 14 heteroatoms. The molecule has 2 N–H and O–H groups in total. The Morgan fingerprint density at radius 2 is 1.77 bits per heavy atom. The molecule has 0 saturated carbocycles. The van der Waals surface area contributed by atoms with E-state index in [0.29, 0.717) is 30.3 Å². The van der Waals surface area contributed by atoms with E-state index in [1.807, 2.05) is 11.0 Å². The summed E-state index contributed by atoms with van der Waals surface area (Å²) in [4.78, 5) is 45.3. The third-order valence-corrected chi connectivity index (χ3v) is 12.1. The lowest BCUT2D eigenvalue weighted by molar-refractivity contribution is -0.143. The molecule has 3 fully saturated rings. The van der Waals surface area contributed by atoms with E-state index in [0.717, 1.165) is 60.0 Å². The van der Waals surface area contributed by atoms with Gasteiger partial charge in [0.2, 0.25) is 17.7 Å². The molecule has 40 heavy (non-hydrogen) atoms. The quantitative estimate of drug-likeness (QED) is 0.441. The second-order valence-corrected chi connectivity index (χ2v) is 15.4. The molecule has 10 nitrogen and oxygen atoms in total. The summed E-state index contributed by atoms with van der Waals surface area (Å²) in [6, 6.07) is 6.21. The minimum absolute atomic E-state index is 0.0276. The first-order chi connectivity index (χ1) is 19.1. The van der Waals surface area contributed by atoms with Crippen molar-refractivity contribution in [3.63, 3.8) is 0 Å². The van der Waals surface area contributed by atoms with E-state index >= 15 is 0 Å². The summed E-state index contributed by atoms with van der Waals surface area (Å²) < 4.78 is 29.6. The van der Waals surface area contributed by atoms with Crippen molar-refractivity contribution in [2.24, 2.45) is 0 Å². The molecule has 3 aliphatic heterocycles. The van der Waals surface area contributed by atoms with E-state index in [-0.39, 0.29) is 40.6 Å². The van der Waals surface area contributed by atoms with Crippen LogP contribution in [0.1, 0.15) is 39.0 Å². The standard InChI is InChI=1S/C26H34ClN5O5S3/c1-17(33)28-18-10-13-30(14-18)15-19-4-2-12-32(19)24(34)16-31-11-3-5-20(26(31)35)29-40(36,37)25-9-7-22(39-25)21-6-8-23(27)38-21/h6-9,18-20,29H,2-5,10-16H2,1H3,(H,28,33)/t18?,19-,20-/m0/s1. The van der Waals surface area contributed by atoms with Gasteiger partial charge in [-0.05, 0) is 56.4 Å². The van der Waals surface area contributed by atoms with Crippen LogP contribution in [0.5, 0.6) is 0 Å². The number of rotatable bonds is 9. The number of nitrogens with one attached hydrogen (secondary N) is 2. The van der Waals surface area contributed by atoms with Gasteiger partial charge in [0.15, 0.2) is 0 Å². The maximum atomic E-state index is 13.3. The van der Waals surface area contributed by atoms with E-state index in [4.69, 9.17) is 11.6 Å². The van der Waals surface area contributed by atoms with Crippen molar-refractivity contribution in [2.45, 2.75) is 61.4 Å². The summed E-state index contributed by atoms with van der Waals surface area (Å²) in [7, 11) is -3.91. The number of hydrogen-bond acceptors (Lipinski definition) is 8. The number of carbonyl (C=O) groups is 3. The van der Waals surface area contributed by atoms with Crippen LogP contribution in [0.2, 0.25) is 4.34 Å². The van der Waals surface area contributed by atoms with Crippen LogP contribution in [0, 0.1) is 0 Å². The zero-order valence-electron chi connectivity index (χ0n) is 22.3. The summed E-state index contributed by atoms with van der Waals surface area (Å²) in [5.41, 5.74) is 0. The van der Waals surface area contributed by atoms with Gasteiger partial charge in [-0.1, -0.05) is 11.6 Å². The molecule has 3 amide bonds. The van der Waals surface area contributed by atoms with E-state index < -0.39 is 16.1 Å². The van der Waals surface area contributed by atoms with Crippen LogP contribution in [0.3, 0.4) is 0 Å². The van der Waals surface area contributed by atoms with Crippen LogP contribution < -0.4 is 10.0 Å². The molecule has 1 unspecified atom stereocenters. The number of halogens is 1. The number of hydrogen-bond donors (Lipinski definition) is 2. The Labute approximate surface area is 247 Å². The second-order valence-electron chi connectivity index (χ2n) is 10.6. The smallest absolute Gasteiger partial charge is 0.250 e. The second kappa shape index (κ2) is 12.5. The highest BCUT2D eigenvalue weighted by Gasteiger charge is 2.37. The molecule has 218 valence electrons. The molecule has 5 heterocycles. The fraction of sp³-hybridized carbons (Fsp3) is 0.577. The zero-order valence-corrected chi connectivity index (χ0v) is 25.5. The molecule has 3 aliphatic rings. The summed E-state index contributed by atoms with van der Waals surface area (Å²) in [5, 5.41) is 2.97. The first-order valence-electron chi connectivity index (χ1n) is 13.5. The van der Waals surface area contributed by atoms with Crippen molar-refractivity contribution in [3.05, 3.63) is 28.6 Å². The molecule has 0 spiro atoms. The summed E-state index contributed by atoms with van der Waals surface area (Å²) in [6.07, 6.45) is 3.71. The third kappa shape index (κ3) is 6.88. The number of nitrogens with zero attached hydrogens (tertiary/aromatic N) is 3. The Morgan fingerprint density at radius 3 is 2.52 bits per heavy atom. The molecule has 0 radical (unpaired) electrons. The Morgan fingerprint density at radius 1 is 1.02 bits per heavy atom. The minimum Gasteiger partial charge on any atom is -0.352 e. The first-order valence-corrected chi connectivity index (χ1v) is 17.0. The van der Waals surface area contributed by atoms with Crippen LogP contribution in [0.15, 0.2) is 28.5 Å². The van der Waals surface area contributed by atoms with Gasteiger partial charge in [-0.2, -0.15) is 4.72 Å². The van der Waals surface area contributed by atoms with Crippen LogP contribution in [-0.2, 0) is 24.4 Å². The SMILES string of the molecule is CC(=O)NC1CCN(C[C@@H]2CCCN2C(=O)CN2CCC[C@H](NS(=O)(=O)c3ccc(-c4ccc(Cl)s4)s3)C2=O)C1. The average Bonchev–Trinajstić information content (AvgIpc) is 3.69. The molecule has 3 atom stereocenters. The molecule has 5 rings (SSSR count). The largest absolute Gasteiger partial charge is 0.352 e. The monoisotopic (exact) mass is 627 g/mol. The highest BCUT2D eigenvalue weighted by molar-refractivity contribution is 7.91. The summed E-state index contributed by atoms with van der Waals surface area (Å²) in [6.45, 7) is 4.95. The highest BCUT2D eigenvalue weighted by atomic mass is 35.5. The predicted molar refractivity (Wildman–Crippen MR) is 156 cm³/mol. The van der Waals surface area contributed by atoms with Crippen LogP contribution in [0.4, 0.5) is 0 Å². The normalized spacial score (nSPS) is 24.1. The van der Waals surface area contributed by atoms with Crippen molar-refractivity contribution in [3.8, 4) is 9.75 Å². The van der Waals surface area contributed by atoms with E-state index in [2.05, 4.69) is 14.9 Å². The molecule has 0 aromatic carbocycles. The Balaban J connectivity index is 1.16. The number of carbonyl (C=O) groups excluding carboxylic acids is 3. The van der Waals surface area contributed by atoms with Crippen LogP contribution in [-0.4, -0.2) is 98.2 Å². The molecular formula is C26H34ClN5O5S3. The third-order valence-electron chi connectivity index (χ3n) is 7.66. The average molecular weight is 628 g/mol. The van der Waals surface area contributed by atoms with Crippen molar-refractivity contribution < 1.29 is 22.8 Å². The van der Waals surface area contributed by atoms with Crippen molar-refractivity contribution in [1.29, 1.82) is 0 Å². The van der Waals surface area contributed by atoms with Gasteiger partial charge in [0.25, 0.3) is 10.0 Å². The molecule has 3 saturated heterocycles. The van der Waals surface area contributed by atoms with Crippen molar-refractivity contribution in [1.82, 2.24) is 24.7 Å². The highest BCUT2D eigenvalue weighted by Crippen LogP contribution is 2.37. The Hall–Kier alpha value is -2.03. The van der Waals surface area contributed by atoms with E-state index in [1.165, 1.54) is 29.2 Å². The number of piperidine rings is 1. The fourth-order valence-corrected chi connectivity index (χ4v) is 9.49. The number of likely N-dealkylation sites (tertiary alicyclic amines) is 3. The number of thiophene rings is 2. The predicted octanol–water partition coefficient (Wildman–Crippen LogP) is 2.60. The van der Waals surface area contributed by atoms with Gasteiger partial charge >= 0.3 is 0 Å². The number of sulfonamides is 1. The molecular weight excluding hydrogens is 594 g/mol. The van der Waals surface area contributed by atoms with Gasteiger partial charge in [-0.15, -0.1) is 22.7 Å². The molecule has 0 aliphatic carbocycles. The van der Waals surface area contributed by atoms with Crippen molar-refractivity contribution >= 4 is 62.0 Å². The molecule has 0 bridgehead atoms. The van der Waals surface area contributed by atoms with Gasteiger partial charge in [0, 0.05) is 61.5 Å². The van der Waals surface area contributed by atoms with Crippen LogP contribution >= 0.6 is 34.3 Å².